The molecule has 106 valence electrons. The van der Waals surface area contributed by atoms with E-state index in [1.54, 1.807) is 0 Å². The van der Waals surface area contributed by atoms with Gasteiger partial charge in [0.2, 0.25) is 5.91 Å². The molecule has 0 aliphatic carbocycles. The third-order valence-corrected chi connectivity index (χ3v) is 4.16. The van der Waals surface area contributed by atoms with Crippen LogP contribution in [0.2, 0.25) is 0 Å². The van der Waals surface area contributed by atoms with Crippen LogP contribution < -0.4 is 5.32 Å². The summed E-state index contributed by atoms with van der Waals surface area (Å²) in [5.41, 5.74) is 2.28. The van der Waals surface area contributed by atoms with E-state index in [9.17, 15) is 4.79 Å². The van der Waals surface area contributed by atoms with Gasteiger partial charge in [-0.2, -0.15) is 0 Å². The second-order valence-corrected chi connectivity index (χ2v) is 6.46. The van der Waals surface area contributed by atoms with Crippen molar-refractivity contribution in [1.29, 1.82) is 0 Å². The van der Waals surface area contributed by atoms with Crippen molar-refractivity contribution in [2.24, 2.45) is 0 Å². The first-order valence-electron chi connectivity index (χ1n) is 6.84. The predicted octanol–water partition coefficient (Wildman–Crippen LogP) is 4.03. The number of thiophene rings is 1. The summed E-state index contributed by atoms with van der Waals surface area (Å²) in [5.74, 6) is 0.672. The highest BCUT2D eigenvalue weighted by Gasteiger charge is 2.06. The topological polar surface area (TPSA) is 42.0 Å². The molecule has 0 fully saturated rings. The van der Waals surface area contributed by atoms with Gasteiger partial charge in [0, 0.05) is 21.9 Å². The minimum atomic E-state index is 0.0349. The van der Waals surface area contributed by atoms with Crippen LogP contribution in [0, 0.1) is 20.8 Å². The molecule has 0 spiro atoms. The van der Waals surface area contributed by atoms with Gasteiger partial charge in [0.1, 0.15) is 5.82 Å². The maximum Gasteiger partial charge on any atom is 0.225 e. The van der Waals surface area contributed by atoms with Gasteiger partial charge in [-0.05, 0) is 57.4 Å². The minimum Gasteiger partial charge on any atom is -0.311 e. The Kier molecular flexibility index (Phi) is 4.90. The van der Waals surface area contributed by atoms with Crippen LogP contribution in [0.5, 0.6) is 0 Å². The summed E-state index contributed by atoms with van der Waals surface area (Å²) in [7, 11) is 0. The number of anilines is 1. The number of amides is 1. The lowest BCUT2D eigenvalue weighted by Crippen LogP contribution is -2.12. The average molecular weight is 288 g/mol. The number of hydrogen-bond acceptors (Lipinski definition) is 3. The molecule has 0 bridgehead atoms. The molecule has 0 saturated heterocycles. The number of carbonyl (C=O) groups is 1. The van der Waals surface area contributed by atoms with Gasteiger partial charge in [0.25, 0.3) is 0 Å². The van der Waals surface area contributed by atoms with Gasteiger partial charge in [0.05, 0.1) is 0 Å². The van der Waals surface area contributed by atoms with Crippen LogP contribution in [0.4, 0.5) is 5.82 Å². The van der Waals surface area contributed by atoms with Gasteiger partial charge in [0.15, 0.2) is 0 Å². The van der Waals surface area contributed by atoms with Crippen LogP contribution >= 0.6 is 11.3 Å². The zero-order chi connectivity index (χ0) is 14.5. The Bertz CT molecular complexity index is 604. The van der Waals surface area contributed by atoms with Crippen LogP contribution in [-0.4, -0.2) is 10.9 Å². The van der Waals surface area contributed by atoms with E-state index in [4.69, 9.17) is 0 Å². The van der Waals surface area contributed by atoms with E-state index in [1.807, 2.05) is 36.5 Å². The van der Waals surface area contributed by atoms with Gasteiger partial charge >= 0.3 is 0 Å². The molecule has 1 N–H and O–H groups in total. The zero-order valence-corrected chi connectivity index (χ0v) is 13.0. The summed E-state index contributed by atoms with van der Waals surface area (Å²) in [6, 6.07) is 7.85. The SMILES string of the molecule is Cc1cccc(NC(=O)CCCc2cc(C)sc2C)n1. The summed E-state index contributed by atoms with van der Waals surface area (Å²) in [6.45, 7) is 6.18. The molecule has 0 aliphatic rings. The van der Waals surface area contributed by atoms with E-state index in [0.29, 0.717) is 12.2 Å². The van der Waals surface area contributed by atoms with Crippen molar-refractivity contribution >= 4 is 23.1 Å². The molecule has 0 radical (unpaired) electrons. The summed E-state index contributed by atoms with van der Waals surface area (Å²) in [5, 5.41) is 2.84. The zero-order valence-electron chi connectivity index (χ0n) is 12.2. The standard InChI is InChI=1S/C16H20N2OS/c1-11-6-4-8-15(17-11)18-16(19)9-5-7-14-10-12(2)20-13(14)3/h4,6,8,10H,5,7,9H2,1-3H3,(H,17,18,19). The molecular weight excluding hydrogens is 268 g/mol. The monoisotopic (exact) mass is 288 g/mol. The van der Waals surface area contributed by atoms with Crippen molar-refractivity contribution in [3.8, 4) is 0 Å². The Balaban J connectivity index is 1.79. The summed E-state index contributed by atoms with van der Waals surface area (Å²) in [6.07, 6.45) is 2.36. The molecule has 0 unspecified atom stereocenters. The fraction of sp³-hybridized carbons (Fsp3) is 0.375. The number of nitrogens with zero attached hydrogens (tertiary/aromatic N) is 1. The van der Waals surface area contributed by atoms with Crippen molar-refractivity contribution < 1.29 is 4.79 Å². The smallest absolute Gasteiger partial charge is 0.225 e. The lowest BCUT2D eigenvalue weighted by atomic mass is 10.1. The quantitative estimate of drug-likeness (QED) is 0.902. The summed E-state index contributed by atoms with van der Waals surface area (Å²) in [4.78, 5) is 18.8. The van der Waals surface area contributed by atoms with Crippen molar-refractivity contribution in [2.75, 3.05) is 5.32 Å². The van der Waals surface area contributed by atoms with Crippen LogP contribution in [0.1, 0.15) is 33.9 Å². The fourth-order valence-corrected chi connectivity index (χ4v) is 3.17. The predicted molar refractivity (Wildman–Crippen MR) is 84.3 cm³/mol. The molecule has 0 aliphatic heterocycles. The Labute approximate surface area is 124 Å². The number of carbonyl (C=O) groups excluding carboxylic acids is 1. The van der Waals surface area contributed by atoms with E-state index in [2.05, 4.69) is 30.2 Å². The van der Waals surface area contributed by atoms with Crippen LogP contribution in [0.3, 0.4) is 0 Å². The molecule has 0 aromatic carbocycles. The van der Waals surface area contributed by atoms with Gasteiger partial charge in [-0.15, -0.1) is 11.3 Å². The Morgan fingerprint density at radius 3 is 2.75 bits per heavy atom. The van der Waals surface area contributed by atoms with Gasteiger partial charge in [-0.25, -0.2) is 4.98 Å². The number of aromatic nitrogens is 1. The van der Waals surface area contributed by atoms with E-state index in [0.717, 1.165) is 18.5 Å². The average Bonchev–Trinajstić information content (AvgIpc) is 2.68. The molecule has 2 aromatic heterocycles. The molecule has 0 atom stereocenters. The fourth-order valence-electron chi connectivity index (χ4n) is 2.19. The molecule has 2 aromatic rings. The molecule has 3 nitrogen and oxygen atoms in total. The number of hydrogen-bond donors (Lipinski definition) is 1. The van der Waals surface area contributed by atoms with Crippen molar-refractivity contribution in [3.63, 3.8) is 0 Å². The van der Waals surface area contributed by atoms with E-state index in [1.165, 1.54) is 15.3 Å². The highest BCUT2D eigenvalue weighted by atomic mass is 32.1. The lowest BCUT2D eigenvalue weighted by Gasteiger charge is -2.05. The van der Waals surface area contributed by atoms with Crippen LogP contribution in [-0.2, 0) is 11.2 Å². The largest absolute Gasteiger partial charge is 0.311 e. The second-order valence-electron chi connectivity index (χ2n) is 5.00. The van der Waals surface area contributed by atoms with Gasteiger partial charge in [-0.3, -0.25) is 4.79 Å². The molecule has 1 amide bonds. The Morgan fingerprint density at radius 2 is 2.10 bits per heavy atom. The first-order chi connectivity index (χ1) is 9.54. The third kappa shape index (κ3) is 4.17. The normalized spacial score (nSPS) is 10.6. The number of pyridine rings is 1. The maximum atomic E-state index is 11.9. The second kappa shape index (κ2) is 6.66. The van der Waals surface area contributed by atoms with E-state index in [-0.39, 0.29) is 5.91 Å². The highest BCUT2D eigenvalue weighted by Crippen LogP contribution is 2.22. The number of rotatable bonds is 5. The first-order valence-corrected chi connectivity index (χ1v) is 7.65. The van der Waals surface area contributed by atoms with E-state index < -0.39 is 0 Å². The van der Waals surface area contributed by atoms with E-state index >= 15 is 0 Å². The van der Waals surface area contributed by atoms with Crippen LogP contribution in [0.25, 0.3) is 0 Å². The maximum absolute atomic E-state index is 11.9. The molecular formula is C16H20N2OS. The summed E-state index contributed by atoms with van der Waals surface area (Å²) < 4.78 is 0. The highest BCUT2D eigenvalue weighted by molar-refractivity contribution is 7.12. The van der Waals surface area contributed by atoms with Crippen molar-refractivity contribution in [3.05, 3.63) is 45.3 Å². The molecule has 0 saturated carbocycles. The van der Waals surface area contributed by atoms with Crippen molar-refractivity contribution in [1.82, 2.24) is 4.98 Å². The third-order valence-electron chi connectivity index (χ3n) is 3.15. The molecule has 2 rings (SSSR count). The minimum absolute atomic E-state index is 0.0349. The Morgan fingerprint density at radius 1 is 1.30 bits per heavy atom. The Hall–Kier alpha value is -1.68. The number of aryl methyl sites for hydroxylation is 4. The summed E-state index contributed by atoms with van der Waals surface area (Å²) >= 11 is 1.82. The molecule has 4 heteroatoms. The van der Waals surface area contributed by atoms with Crippen molar-refractivity contribution in [2.45, 2.75) is 40.0 Å². The van der Waals surface area contributed by atoms with Gasteiger partial charge in [-0.1, -0.05) is 6.07 Å². The molecule has 20 heavy (non-hydrogen) atoms. The lowest BCUT2D eigenvalue weighted by molar-refractivity contribution is -0.116. The molecule has 2 heterocycles. The van der Waals surface area contributed by atoms with Crippen LogP contribution in [0.15, 0.2) is 24.3 Å². The number of nitrogens with one attached hydrogen (secondary N) is 1. The van der Waals surface area contributed by atoms with Gasteiger partial charge < -0.3 is 5.32 Å². The first kappa shape index (κ1) is 14.7.